The van der Waals surface area contributed by atoms with Gasteiger partial charge in [0.15, 0.2) is 5.16 Å². The quantitative estimate of drug-likeness (QED) is 0.470. The van der Waals surface area contributed by atoms with Crippen LogP contribution in [-0.4, -0.2) is 22.0 Å². The van der Waals surface area contributed by atoms with E-state index in [9.17, 15) is 9.18 Å². The minimum Gasteiger partial charge on any atom is -0.288 e. The van der Waals surface area contributed by atoms with Crippen LogP contribution in [0.15, 0.2) is 29.7 Å². The number of carbonyl (C=O) groups excluding carboxylic acids is 1. The Morgan fingerprint density at radius 1 is 1.33 bits per heavy atom. The fourth-order valence-electron chi connectivity index (χ4n) is 1.95. The van der Waals surface area contributed by atoms with E-state index in [1.807, 2.05) is 13.2 Å². The van der Waals surface area contributed by atoms with Crippen LogP contribution in [0.5, 0.6) is 0 Å². The lowest BCUT2D eigenvalue weighted by Gasteiger charge is -2.09. The molecule has 0 aliphatic heterocycles. The first kappa shape index (κ1) is 15.9. The summed E-state index contributed by atoms with van der Waals surface area (Å²) in [6.07, 6.45) is 5.97. The summed E-state index contributed by atoms with van der Waals surface area (Å²) < 4.78 is 14.5. The molecule has 0 atom stereocenters. The number of nitrogens with zero attached hydrogens (tertiary/aromatic N) is 2. The monoisotopic (exact) mass is 324 g/mol. The molecule has 0 N–H and O–H groups in total. The summed E-state index contributed by atoms with van der Waals surface area (Å²) in [5.41, 5.74) is 0.609. The second-order valence-electron chi connectivity index (χ2n) is 4.43. The first-order valence-corrected chi connectivity index (χ1v) is 8.06. The summed E-state index contributed by atoms with van der Waals surface area (Å²) in [5.74, 6) is -1.05. The van der Waals surface area contributed by atoms with Crippen molar-refractivity contribution in [1.29, 1.82) is 0 Å². The molecule has 2 aromatic rings. The van der Waals surface area contributed by atoms with Gasteiger partial charge in [0.25, 0.3) is 0 Å². The standard InChI is InChI=1S/C15H14ClFN2OS/c1-3-4-9-5-6-11(16)12(13(9)17)14(20)10-7-18-15(21-2)19-8-10/h5-8H,3-4H2,1-2H3. The van der Waals surface area contributed by atoms with E-state index in [0.29, 0.717) is 17.1 Å². The molecule has 2 rings (SSSR count). The first-order chi connectivity index (χ1) is 10.1. The van der Waals surface area contributed by atoms with Crippen molar-refractivity contribution in [3.8, 4) is 0 Å². The van der Waals surface area contributed by atoms with Gasteiger partial charge in [-0.2, -0.15) is 0 Å². The van der Waals surface area contributed by atoms with Crippen LogP contribution in [0.25, 0.3) is 0 Å². The van der Waals surface area contributed by atoms with Crippen molar-refractivity contribution < 1.29 is 9.18 Å². The summed E-state index contributed by atoms with van der Waals surface area (Å²) in [4.78, 5) is 20.5. The van der Waals surface area contributed by atoms with E-state index in [4.69, 9.17) is 11.6 Å². The number of aromatic nitrogens is 2. The van der Waals surface area contributed by atoms with Crippen molar-refractivity contribution in [2.24, 2.45) is 0 Å². The van der Waals surface area contributed by atoms with E-state index in [1.165, 1.54) is 24.2 Å². The number of rotatable bonds is 5. The Morgan fingerprint density at radius 2 is 2.00 bits per heavy atom. The second kappa shape index (κ2) is 7.00. The zero-order valence-electron chi connectivity index (χ0n) is 11.7. The zero-order chi connectivity index (χ0) is 15.4. The first-order valence-electron chi connectivity index (χ1n) is 6.46. The SMILES string of the molecule is CCCc1ccc(Cl)c(C(=O)c2cnc(SC)nc2)c1F. The van der Waals surface area contributed by atoms with Crippen LogP contribution in [0.1, 0.15) is 34.8 Å². The Balaban J connectivity index is 2.44. The third-order valence-corrected chi connectivity index (χ3v) is 3.88. The molecule has 0 aliphatic rings. The maximum Gasteiger partial charge on any atom is 0.200 e. The summed E-state index contributed by atoms with van der Waals surface area (Å²) in [5, 5.41) is 0.657. The van der Waals surface area contributed by atoms with Gasteiger partial charge in [0, 0.05) is 12.4 Å². The number of hydrogen-bond acceptors (Lipinski definition) is 4. The molecule has 1 aromatic carbocycles. The van der Waals surface area contributed by atoms with Crippen molar-refractivity contribution in [2.45, 2.75) is 24.9 Å². The van der Waals surface area contributed by atoms with Crippen molar-refractivity contribution in [1.82, 2.24) is 9.97 Å². The molecule has 3 nitrogen and oxygen atoms in total. The summed E-state index contributed by atoms with van der Waals surface area (Å²) >= 11 is 7.37. The van der Waals surface area contributed by atoms with E-state index in [-0.39, 0.29) is 16.1 Å². The van der Waals surface area contributed by atoms with Gasteiger partial charge in [0.2, 0.25) is 5.78 Å². The van der Waals surface area contributed by atoms with E-state index in [0.717, 1.165) is 6.42 Å². The van der Waals surface area contributed by atoms with Crippen LogP contribution >= 0.6 is 23.4 Å². The van der Waals surface area contributed by atoms with Crippen molar-refractivity contribution in [2.75, 3.05) is 6.26 Å². The van der Waals surface area contributed by atoms with Gasteiger partial charge in [-0.15, -0.1) is 0 Å². The van der Waals surface area contributed by atoms with Crippen molar-refractivity contribution in [3.63, 3.8) is 0 Å². The van der Waals surface area contributed by atoms with Gasteiger partial charge in [0.1, 0.15) is 5.82 Å². The summed E-state index contributed by atoms with van der Waals surface area (Å²) in [7, 11) is 0. The molecule has 110 valence electrons. The lowest BCUT2D eigenvalue weighted by molar-refractivity contribution is 0.103. The number of carbonyl (C=O) groups is 1. The van der Waals surface area contributed by atoms with Gasteiger partial charge in [-0.25, -0.2) is 14.4 Å². The molecule has 1 aromatic heterocycles. The van der Waals surface area contributed by atoms with Gasteiger partial charge in [-0.05, 0) is 24.3 Å². The normalized spacial score (nSPS) is 10.7. The molecule has 0 amide bonds. The number of aryl methyl sites for hydroxylation is 1. The third-order valence-electron chi connectivity index (χ3n) is 2.99. The molecule has 0 aliphatic carbocycles. The number of thioether (sulfide) groups is 1. The lowest BCUT2D eigenvalue weighted by atomic mass is 10.00. The minimum absolute atomic E-state index is 0.103. The maximum absolute atomic E-state index is 14.5. The lowest BCUT2D eigenvalue weighted by Crippen LogP contribution is -2.09. The molecule has 0 unspecified atom stereocenters. The van der Waals surface area contributed by atoms with E-state index >= 15 is 0 Å². The largest absolute Gasteiger partial charge is 0.288 e. The smallest absolute Gasteiger partial charge is 0.200 e. The van der Waals surface area contributed by atoms with Gasteiger partial charge >= 0.3 is 0 Å². The fraction of sp³-hybridized carbons (Fsp3) is 0.267. The van der Waals surface area contributed by atoms with Crippen LogP contribution in [0.2, 0.25) is 5.02 Å². The molecule has 6 heteroatoms. The Morgan fingerprint density at radius 3 is 2.57 bits per heavy atom. The number of hydrogen-bond donors (Lipinski definition) is 0. The third kappa shape index (κ3) is 3.41. The highest BCUT2D eigenvalue weighted by atomic mass is 35.5. The number of ketones is 1. The van der Waals surface area contributed by atoms with Crippen LogP contribution < -0.4 is 0 Å². The van der Waals surface area contributed by atoms with Gasteiger partial charge in [0.05, 0.1) is 16.1 Å². The molecule has 0 fully saturated rings. The topological polar surface area (TPSA) is 42.9 Å². The van der Waals surface area contributed by atoms with Gasteiger partial charge in [-0.1, -0.05) is 42.8 Å². The number of halogens is 2. The zero-order valence-corrected chi connectivity index (χ0v) is 13.3. The molecule has 0 saturated carbocycles. The Labute approximate surface area is 132 Å². The van der Waals surface area contributed by atoms with Gasteiger partial charge < -0.3 is 0 Å². The Bertz CT molecular complexity index is 661. The predicted molar refractivity (Wildman–Crippen MR) is 82.7 cm³/mol. The van der Waals surface area contributed by atoms with Crippen LogP contribution in [-0.2, 0) is 6.42 Å². The molecule has 0 radical (unpaired) electrons. The highest BCUT2D eigenvalue weighted by Crippen LogP contribution is 2.26. The average molecular weight is 325 g/mol. The molecular weight excluding hydrogens is 311 g/mol. The minimum atomic E-state index is -0.553. The van der Waals surface area contributed by atoms with E-state index < -0.39 is 11.6 Å². The second-order valence-corrected chi connectivity index (χ2v) is 5.61. The van der Waals surface area contributed by atoms with Crippen LogP contribution in [0.4, 0.5) is 4.39 Å². The number of benzene rings is 1. The molecule has 1 heterocycles. The fourth-order valence-corrected chi connectivity index (χ4v) is 2.50. The highest BCUT2D eigenvalue weighted by Gasteiger charge is 2.21. The summed E-state index contributed by atoms with van der Waals surface area (Å²) in [6.45, 7) is 1.95. The van der Waals surface area contributed by atoms with Crippen LogP contribution in [0.3, 0.4) is 0 Å². The van der Waals surface area contributed by atoms with Crippen molar-refractivity contribution >= 4 is 29.1 Å². The van der Waals surface area contributed by atoms with Crippen molar-refractivity contribution in [3.05, 3.63) is 52.1 Å². The predicted octanol–water partition coefficient (Wildman–Crippen LogP) is 4.17. The molecule has 21 heavy (non-hydrogen) atoms. The molecular formula is C15H14ClFN2OS. The van der Waals surface area contributed by atoms with Crippen LogP contribution in [0, 0.1) is 5.82 Å². The van der Waals surface area contributed by atoms with E-state index in [1.54, 1.807) is 12.1 Å². The summed E-state index contributed by atoms with van der Waals surface area (Å²) in [6, 6.07) is 3.17. The average Bonchev–Trinajstić information content (AvgIpc) is 2.50. The Kier molecular flexibility index (Phi) is 5.31. The molecule has 0 spiro atoms. The Hall–Kier alpha value is -1.46. The maximum atomic E-state index is 14.5. The van der Waals surface area contributed by atoms with Gasteiger partial charge in [-0.3, -0.25) is 4.79 Å². The highest BCUT2D eigenvalue weighted by molar-refractivity contribution is 7.98. The van der Waals surface area contributed by atoms with E-state index in [2.05, 4.69) is 9.97 Å². The molecule has 0 bridgehead atoms. The molecule has 0 saturated heterocycles.